The normalized spacial score (nSPS) is 11.3. The first kappa shape index (κ1) is 11.9. The van der Waals surface area contributed by atoms with Gasteiger partial charge in [-0.25, -0.2) is 0 Å². The van der Waals surface area contributed by atoms with Crippen molar-refractivity contribution in [2.24, 2.45) is 5.11 Å². The average Bonchev–Trinajstić information content (AvgIpc) is 2.40. The summed E-state index contributed by atoms with van der Waals surface area (Å²) >= 11 is 0. The van der Waals surface area contributed by atoms with Gasteiger partial charge in [-0.3, -0.25) is 9.78 Å². The Balaban J connectivity index is 2.23. The van der Waals surface area contributed by atoms with Gasteiger partial charge < -0.3 is 5.11 Å². The predicted molar refractivity (Wildman–Crippen MR) is 64.9 cm³/mol. The molecule has 1 heterocycles. The summed E-state index contributed by atoms with van der Waals surface area (Å²) in [4.78, 5) is 15.6. The number of hydrogen-bond acceptors (Lipinski definition) is 3. The summed E-state index contributed by atoms with van der Waals surface area (Å²) in [7, 11) is 1.67. The summed E-state index contributed by atoms with van der Waals surface area (Å²) in [5, 5.41) is 13.1. The zero-order valence-electron chi connectivity index (χ0n) is 9.82. The monoisotopic (exact) mass is 242 g/mol. The summed E-state index contributed by atoms with van der Waals surface area (Å²) in [6, 6.07) is 9.65. The van der Waals surface area contributed by atoms with Crippen molar-refractivity contribution in [1.29, 1.82) is 0 Å². The minimum atomic E-state index is -0.340. The Hall–Kier alpha value is -2.56. The van der Waals surface area contributed by atoms with E-state index in [9.17, 15) is 9.90 Å². The highest BCUT2D eigenvalue weighted by atomic mass is 16.3. The molecule has 0 unspecified atom stereocenters. The molecule has 0 aliphatic rings. The van der Waals surface area contributed by atoms with Crippen LogP contribution < -0.4 is 0 Å². The third-order valence-electron chi connectivity index (χ3n) is 2.39. The zero-order valence-corrected chi connectivity index (χ0v) is 9.82. The van der Waals surface area contributed by atoms with Crippen molar-refractivity contribution >= 4 is 11.6 Å². The molecule has 0 aliphatic carbocycles. The number of azo groups is 2. The molecule has 0 aliphatic heterocycles. The highest BCUT2D eigenvalue weighted by molar-refractivity contribution is 5.93. The molecule has 0 bridgehead atoms. The van der Waals surface area contributed by atoms with Gasteiger partial charge in [-0.15, -0.1) is 0 Å². The van der Waals surface area contributed by atoms with Gasteiger partial charge in [0.2, 0.25) is 5.69 Å². The van der Waals surface area contributed by atoms with E-state index in [2.05, 4.69) is 10.1 Å². The molecule has 18 heavy (non-hydrogen) atoms. The van der Waals surface area contributed by atoms with Crippen molar-refractivity contribution in [2.75, 3.05) is 7.05 Å². The molecule has 2 aromatic rings. The van der Waals surface area contributed by atoms with Gasteiger partial charge in [0.15, 0.2) is 7.05 Å². The number of aromatic nitrogens is 1. The topological polar surface area (TPSA) is 65.6 Å². The summed E-state index contributed by atoms with van der Waals surface area (Å²) in [5.41, 5.74) is 1.20. The second-order valence-corrected chi connectivity index (χ2v) is 3.68. The number of carbonyl (C=O) groups excluding carboxylic acids is 1. The molecule has 0 saturated heterocycles. The van der Waals surface area contributed by atoms with Crippen LogP contribution in [-0.2, 0) is 0 Å². The van der Waals surface area contributed by atoms with E-state index < -0.39 is 0 Å². The summed E-state index contributed by atoms with van der Waals surface area (Å²) in [5.74, 6) is -0.166. The van der Waals surface area contributed by atoms with Crippen molar-refractivity contribution in [2.45, 2.75) is 0 Å². The molecule has 0 atom stereocenters. The molecule has 1 amide bonds. The lowest BCUT2D eigenvalue weighted by Crippen LogP contribution is -2.02. The Morgan fingerprint density at radius 3 is 2.39 bits per heavy atom. The van der Waals surface area contributed by atoms with Crippen LogP contribution in [0.3, 0.4) is 0 Å². The molecular weight excluding hydrogens is 230 g/mol. The predicted octanol–water partition coefficient (Wildman–Crippen LogP) is 2.35. The molecule has 0 saturated carbocycles. The fourth-order valence-corrected chi connectivity index (χ4v) is 1.41. The van der Waals surface area contributed by atoms with E-state index in [0.29, 0.717) is 5.56 Å². The van der Waals surface area contributed by atoms with Crippen LogP contribution in [0.5, 0.6) is 5.75 Å². The fourth-order valence-electron chi connectivity index (χ4n) is 1.41. The van der Waals surface area contributed by atoms with E-state index in [1.54, 1.807) is 43.7 Å². The van der Waals surface area contributed by atoms with Gasteiger partial charge in [-0.1, -0.05) is 4.70 Å². The Bertz CT molecular complexity index is 577. The number of phenolic OH excluding ortho intramolecular Hbond substituents is 1. The number of rotatable bonds is 2. The van der Waals surface area contributed by atoms with Gasteiger partial charge in [-0.05, 0) is 24.3 Å². The van der Waals surface area contributed by atoms with Gasteiger partial charge >= 0.3 is 5.91 Å². The van der Waals surface area contributed by atoms with E-state index in [0.717, 1.165) is 5.69 Å². The number of hydrogen-bond donors (Lipinski definition) is 1. The van der Waals surface area contributed by atoms with Crippen LogP contribution in [0, 0.1) is 0 Å². The highest BCUT2D eigenvalue weighted by Crippen LogP contribution is 2.16. The van der Waals surface area contributed by atoms with Gasteiger partial charge in [-0.2, -0.15) is 0 Å². The minimum absolute atomic E-state index is 0.174. The Morgan fingerprint density at radius 1 is 1.17 bits per heavy atom. The molecule has 1 aromatic carbocycles. The van der Waals surface area contributed by atoms with Crippen LogP contribution >= 0.6 is 0 Å². The number of amides is 1. The smallest absolute Gasteiger partial charge is 0.339 e. The molecule has 0 spiro atoms. The number of pyridine rings is 1. The second-order valence-electron chi connectivity index (χ2n) is 3.68. The molecule has 1 N–H and O–H groups in total. The molecule has 0 fully saturated rings. The maximum absolute atomic E-state index is 11.8. The number of nitrogens with zero attached hydrogens (tertiary/aromatic N) is 3. The lowest BCUT2D eigenvalue weighted by atomic mass is 10.2. The molecule has 2 rings (SSSR count). The number of benzene rings is 1. The van der Waals surface area contributed by atoms with Crippen molar-refractivity contribution in [3.8, 4) is 5.75 Å². The van der Waals surface area contributed by atoms with Crippen LogP contribution in [-0.4, -0.2) is 27.7 Å². The first-order chi connectivity index (χ1) is 8.66. The second kappa shape index (κ2) is 5.18. The summed E-state index contributed by atoms with van der Waals surface area (Å²) in [6.07, 6.45) is 3.09. The van der Waals surface area contributed by atoms with Gasteiger partial charge in [0.25, 0.3) is 0 Å². The van der Waals surface area contributed by atoms with Crippen LogP contribution in [0.15, 0.2) is 53.9 Å². The van der Waals surface area contributed by atoms with Gasteiger partial charge in [0.05, 0.1) is 5.56 Å². The first-order valence-electron chi connectivity index (χ1n) is 5.35. The van der Waals surface area contributed by atoms with E-state index >= 15 is 0 Å². The SMILES string of the molecule is C[N+](=NC(=O)c1ccncc1)c1ccc(O)cc1. The quantitative estimate of drug-likeness (QED) is 0.649. The molecule has 90 valence electrons. The lowest BCUT2D eigenvalue weighted by Gasteiger charge is -1.95. The Labute approximate surface area is 104 Å². The van der Waals surface area contributed by atoms with E-state index in [-0.39, 0.29) is 11.7 Å². The van der Waals surface area contributed by atoms with Crippen LogP contribution in [0.2, 0.25) is 0 Å². The highest BCUT2D eigenvalue weighted by Gasteiger charge is 2.11. The maximum atomic E-state index is 11.8. The van der Waals surface area contributed by atoms with Gasteiger partial charge in [0.1, 0.15) is 5.75 Å². The number of carbonyl (C=O) groups is 1. The zero-order chi connectivity index (χ0) is 13.0. The fraction of sp³-hybridized carbons (Fsp3) is 0.0769. The molecule has 0 radical (unpaired) electrons. The Kier molecular flexibility index (Phi) is 3.43. The minimum Gasteiger partial charge on any atom is -0.508 e. The summed E-state index contributed by atoms with van der Waals surface area (Å²) in [6.45, 7) is 0. The van der Waals surface area contributed by atoms with E-state index in [4.69, 9.17) is 0 Å². The van der Waals surface area contributed by atoms with Crippen molar-refractivity contribution in [1.82, 2.24) is 4.98 Å². The van der Waals surface area contributed by atoms with Crippen molar-refractivity contribution in [3.05, 3.63) is 54.4 Å². The van der Waals surface area contributed by atoms with E-state index in [1.165, 1.54) is 16.8 Å². The average molecular weight is 242 g/mol. The Morgan fingerprint density at radius 2 is 1.78 bits per heavy atom. The lowest BCUT2D eigenvalue weighted by molar-refractivity contribution is -0.475. The largest absolute Gasteiger partial charge is 0.508 e. The van der Waals surface area contributed by atoms with Crippen molar-refractivity contribution in [3.63, 3.8) is 0 Å². The number of aromatic hydroxyl groups is 1. The van der Waals surface area contributed by atoms with Crippen LogP contribution in [0.25, 0.3) is 0 Å². The molecule has 1 aromatic heterocycles. The van der Waals surface area contributed by atoms with E-state index in [1.807, 2.05) is 0 Å². The molecule has 5 nitrogen and oxygen atoms in total. The first-order valence-corrected chi connectivity index (χ1v) is 5.35. The van der Waals surface area contributed by atoms with Crippen LogP contribution in [0.1, 0.15) is 10.4 Å². The van der Waals surface area contributed by atoms with Gasteiger partial charge in [0, 0.05) is 29.6 Å². The number of phenols is 1. The van der Waals surface area contributed by atoms with Crippen LogP contribution in [0.4, 0.5) is 5.69 Å². The van der Waals surface area contributed by atoms with Crippen molar-refractivity contribution < 1.29 is 14.6 Å². The third kappa shape index (κ3) is 2.76. The maximum Gasteiger partial charge on any atom is 0.339 e. The summed E-state index contributed by atoms with van der Waals surface area (Å²) < 4.78 is 1.46. The third-order valence-corrected chi connectivity index (χ3v) is 2.39. The molecular formula is C13H12N3O2+. The standard InChI is InChI=1S/C13H11N3O2/c1-16(11-2-4-12(17)5-3-11)15-13(18)10-6-8-14-9-7-10/h2-9H,1H3/p+1. The molecule has 5 heteroatoms.